The van der Waals surface area contributed by atoms with E-state index in [9.17, 15) is 4.21 Å². The fraction of sp³-hybridized carbons (Fsp3) is 0.600. The molecular formula is C15H18N2O3S. The van der Waals surface area contributed by atoms with Crippen LogP contribution in [0, 0.1) is 5.92 Å². The van der Waals surface area contributed by atoms with Crippen molar-refractivity contribution in [1.29, 1.82) is 0 Å². The molecule has 1 atom stereocenters. The van der Waals surface area contributed by atoms with Gasteiger partial charge in [-0.05, 0) is 31.6 Å². The summed E-state index contributed by atoms with van der Waals surface area (Å²) in [6.45, 7) is 0. The Bertz CT molecular complexity index is 655. The maximum Gasteiger partial charge on any atom is 0.143 e. The molecule has 5 nitrogen and oxygen atoms in total. The van der Waals surface area contributed by atoms with E-state index in [0.717, 1.165) is 48.0 Å². The fourth-order valence-electron chi connectivity index (χ4n) is 2.58. The minimum atomic E-state index is -1.01. The summed E-state index contributed by atoms with van der Waals surface area (Å²) in [5, 5.41) is 7.87. The average Bonchev–Trinajstić information content (AvgIpc) is 3.36. The van der Waals surface area contributed by atoms with Crippen LogP contribution in [0.2, 0.25) is 0 Å². The van der Waals surface area contributed by atoms with Gasteiger partial charge in [-0.2, -0.15) is 0 Å². The smallest absolute Gasteiger partial charge is 0.143 e. The first kappa shape index (κ1) is 13.2. The third-order valence-electron chi connectivity index (χ3n) is 4.04. The van der Waals surface area contributed by atoms with Gasteiger partial charge in [-0.1, -0.05) is 10.3 Å². The predicted molar refractivity (Wildman–Crippen MR) is 77.0 cm³/mol. The molecule has 21 heavy (non-hydrogen) atoms. The van der Waals surface area contributed by atoms with E-state index in [1.165, 1.54) is 12.8 Å². The summed E-state index contributed by atoms with van der Waals surface area (Å²) in [6.07, 6.45) is 7.56. The summed E-state index contributed by atoms with van der Waals surface area (Å²) in [6, 6.07) is 1.95. The van der Waals surface area contributed by atoms with E-state index in [1.54, 1.807) is 6.20 Å². The van der Waals surface area contributed by atoms with Gasteiger partial charge < -0.3 is 9.05 Å². The molecule has 2 aliphatic carbocycles. The second-order valence-corrected chi connectivity index (χ2v) is 7.61. The number of hydrogen-bond acceptors (Lipinski definition) is 5. The molecule has 2 aromatic rings. The molecule has 2 heterocycles. The summed E-state index contributed by atoms with van der Waals surface area (Å²) < 4.78 is 22.9. The van der Waals surface area contributed by atoms with Gasteiger partial charge in [-0.15, -0.1) is 0 Å². The highest BCUT2D eigenvalue weighted by Crippen LogP contribution is 2.41. The van der Waals surface area contributed by atoms with Gasteiger partial charge in [-0.25, -0.2) is 0 Å². The molecule has 0 bridgehead atoms. The Labute approximate surface area is 125 Å². The molecule has 0 radical (unpaired) electrons. The molecule has 1 unspecified atom stereocenters. The molecular weight excluding hydrogens is 288 g/mol. The standard InChI is InChI=1S/C15H18N2O3S/c18-21(8-12-7-16-20-15(12)11-3-4-11)9-13-6-14(19-17-13)5-10-1-2-10/h6-7,10-11H,1-5,8-9H2. The van der Waals surface area contributed by atoms with Crippen molar-refractivity contribution in [3.8, 4) is 0 Å². The molecule has 0 aliphatic heterocycles. The third kappa shape index (κ3) is 3.26. The van der Waals surface area contributed by atoms with Gasteiger partial charge in [-0.3, -0.25) is 4.21 Å². The van der Waals surface area contributed by atoms with Crippen molar-refractivity contribution in [2.45, 2.75) is 49.5 Å². The van der Waals surface area contributed by atoms with E-state index in [0.29, 0.717) is 17.4 Å². The van der Waals surface area contributed by atoms with Crippen molar-refractivity contribution in [3.63, 3.8) is 0 Å². The lowest BCUT2D eigenvalue weighted by molar-refractivity contribution is 0.374. The van der Waals surface area contributed by atoms with Crippen molar-refractivity contribution < 1.29 is 13.3 Å². The largest absolute Gasteiger partial charge is 0.361 e. The van der Waals surface area contributed by atoms with E-state index in [-0.39, 0.29) is 0 Å². The Morgan fingerprint density at radius 3 is 2.81 bits per heavy atom. The number of nitrogens with zero attached hydrogens (tertiary/aromatic N) is 2. The Morgan fingerprint density at radius 2 is 2.05 bits per heavy atom. The number of hydrogen-bond donors (Lipinski definition) is 0. The summed E-state index contributed by atoms with van der Waals surface area (Å²) >= 11 is 0. The maximum atomic E-state index is 12.3. The topological polar surface area (TPSA) is 69.1 Å². The highest BCUT2D eigenvalue weighted by Gasteiger charge is 2.30. The monoisotopic (exact) mass is 306 g/mol. The van der Waals surface area contributed by atoms with Gasteiger partial charge >= 0.3 is 0 Å². The van der Waals surface area contributed by atoms with E-state index in [2.05, 4.69) is 10.3 Å². The second-order valence-electron chi connectivity index (χ2n) is 6.15. The van der Waals surface area contributed by atoms with E-state index < -0.39 is 10.8 Å². The molecule has 112 valence electrons. The SMILES string of the molecule is O=S(Cc1cc(CC2CC2)on1)Cc1cnoc1C1CC1. The normalized spacial score (nSPS) is 19.8. The van der Waals surface area contributed by atoms with Gasteiger partial charge in [0.25, 0.3) is 0 Å². The lowest BCUT2D eigenvalue weighted by atomic mass is 10.2. The lowest BCUT2D eigenvalue weighted by Gasteiger charge is -1.99. The van der Waals surface area contributed by atoms with Crippen LogP contribution in [0.3, 0.4) is 0 Å². The van der Waals surface area contributed by atoms with Crippen LogP contribution in [-0.2, 0) is 28.7 Å². The van der Waals surface area contributed by atoms with Crippen LogP contribution in [0.15, 0.2) is 21.3 Å². The summed E-state index contributed by atoms with van der Waals surface area (Å²) in [5.41, 5.74) is 1.77. The molecule has 2 aromatic heterocycles. The molecule has 6 heteroatoms. The molecule has 0 amide bonds. The van der Waals surface area contributed by atoms with Crippen molar-refractivity contribution in [3.05, 3.63) is 35.0 Å². The Kier molecular flexibility index (Phi) is 3.41. The van der Waals surface area contributed by atoms with Crippen LogP contribution in [0.1, 0.15) is 54.4 Å². The van der Waals surface area contributed by atoms with Gasteiger partial charge in [0, 0.05) is 34.8 Å². The molecule has 0 aromatic carbocycles. The molecule has 2 saturated carbocycles. The van der Waals surface area contributed by atoms with Gasteiger partial charge in [0.15, 0.2) is 0 Å². The van der Waals surface area contributed by atoms with E-state index >= 15 is 0 Å². The van der Waals surface area contributed by atoms with Crippen LogP contribution < -0.4 is 0 Å². The Balaban J connectivity index is 1.36. The minimum Gasteiger partial charge on any atom is -0.361 e. The zero-order chi connectivity index (χ0) is 14.2. The average molecular weight is 306 g/mol. The van der Waals surface area contributed by atoms with Gasteiger partial charge in [0.1, 0.15) is 11.5 Å². The number of aromatic nitrogens is 2. The molecule has 4 rings (SSSR count). The first-order valence-electron chi connectivity index (χ1n) is 7.51. The first-order chi connectivity index (χ1) is 10.3. The molecule has 2 fully saturated rings. The zero-order valence-corrected chi connectivity index (χ0v) is 12.6. The van der Waals surface area contributed by atoms with Crippen LogP contribution in [0.5, 0.6) is 0 Å². The van der Waals surface area contributed by atoms with Crippen LogP contribution in [0.25, 0.3) is 0 Å². The first-order valence-corrected chi connectivity index (χ1v) is 8.99. The highest BCUT2D eigenvalue weighted by molar-refractivity contribution is 7.83. The number of rotatable bonds is 7. The van der Waals surface area contributed by atoms with Crippen molar-refractivity contribution in [2.24, 2.45) is 5.92 Å². The molecule has 0 spiro atoms. The molecule has 2 aliphatic rings. The summed E-state index contributed by atoms with van der Waals surface area (Å²) in [7, 11) is -1.01. The van der Waals surface area contributed by atoms with Crippen LogP contribution >= 0.6 is 0 Å². The van der Waals surface area contributed by atoms with Gasteiger partial charge in [0.2, 0.25) is 0 Å². The van der Waals surface area contributed by atoms with Crippen molar-refractivity contribution >= 4 is 10.8 Å². The quantitative estimate of drug-likeness (QED) is 0.786. The van der Waals surface area contributed by atoms with Crippen LogP contribution in [0.4, 0.5) is 0 Å². The van der Waals surface area contributed by atoms with Gasteiger partial charge in [0.05, 0.1) is 23.4 Å². The maximum absolute atomic E-state index is 12.3. The third-order valence-corrected chi connectivity index (χ3v) is 5.29. The molecule has 0 saturated heterocycles. The Hall–Kier alpha value is -1.43. The summed E-state index contributed by atoms with van der Waals surface area (Å²) in [4.78, 5) is 0. The Morgan fingerprint density at radius 1 is 1.19 bits per heavy atom. The highest BCUT2D eigenvalue weighted by atomic mass is 32.2. The lowest BCUT2D eigenvalue weighted by Crippen LogP contribution is -2.00. The zero-order valence-electron chi connectivity index (χ0n) is 11.8. The second kappa shape index (κ2) is 5.40. The minimum absolute atomic E-state index is 0.434. The fourth-order valence-corrected chi connectivity index (χ4v) is 3.71. The van der Waals surface area contributed by atoms with E-state index in [1.807, 2.05) is 6.07 Å². The van der Waals surface area contributed by atoms with Crippen molar-refractivity contribution in [2.75, 3.05) is 0 Å². The van der Waals surface area contributed by atoms with Crippen molar-refractivity contribution in [1.82, 2.24) is 10.3 Å². The summed E-state index contributed by atoms with van der Waals surface area (Å²) in [5.74, 6) is 4.04. The predicted octanol–water partition coefficient (Wildman–Crippen LogP) is 2.94. The van der Waals surface area contributed by atoms with Crippen LogP contribution in [-0.4, -0.2) is 14.5 Å². The molecule has 0 N–H and O–H groups in total. The van der Waals surface area contributed by atoms with E-state index in [4.69, 9.17) is 9.05 Å².